The SMILES string of the molecule is Cc1csc(C(C)NS(=O)(=O)c2c[nH]ccc2=O)n1. The number of sulfonamides is 1. The standard InChI is InChI=1S/C11H13N3O3S2/c1-7-6-18-11(13-7)8(2)14-19(16,17)10-5-12-4-3-9(10)15/h3-6,8,14H,1-2H3,(H,12,15). The Bertz CT molecular complexity index is 733. The molecule has 0 aliphatic rings. The molecule has 1 atom stereocenters. The number of aromatic amines is 1. The highest BCUT2D eigenvalue weighted by atomic mass is 32.2. The van der Waals surface area contributed by atoms with Crippen LogP contribution in [-0.2, 0) is 10.0 Å². The minimum atomic E-state index is -3.86. The zero-order valence-corrected chi connectivity index (χ0v) is 12.0. The van der Waals surface area contributed by atoms with E-state index in [1.165, 1.54) is 29.8 Å². The first-order valence-electron chi connectivity index (χ1n) is 5.51. The molecule has 0 aliphatic carbocycles. The Labute approximate surface area is 114 Å². The molecule has 2 aromatic rings. The Morgan fingerprint density at radius 3 is 2.79 bits per heavy atom. The van der Waals surface area contributed by atoms with E-state index in [-0.39, 0.29) is 4.90 Å². The molecular formula is C11H13N3O3S2. The fourth-order valence-electron chi connectivity index (χ4n) is 1.53. The smallest absolute Gasteiger partial charge is 0.246 e. The van der Waals surface area contributed by atoms with Gasteiger partial charge in [-0.05, 0) is 13.8 Å². The molecule has 2 N–H and O–H groups in total. The number of aryl methyl sites for hydroxylation is 1. The van der Waals surface area contributed by atoms with Crippen molar-refractivity contribution >= 4 is 21.4 Å². The summed E-state index contributed by atoms with van der Waals surface area (Å²) in [5.41, 5.74) is 0.289. The molecule has 2 rings (SSSR count). The van der Waals surface area contributed by atoms with Crippen molar-refractivity contribution in [2.24, 2.45) is 0 Å². The first-order chi connectivity index (χ1) is 8.90. The van der Waals surface area contributed by atoms with Crippen molar-refractivity contribution in [3.63, 3.8) is 0 Å². The maximum absolute atomic E-state index is 12.1. The fourth-order valence-corrected chi connectivity index (χ4v) is 3.67. The third-order valence-corrected chi connectivity index (χ3v) is 5.12. The number of nitrogens with one attached hydrogen (secondary N) is 2. The summed E-state index contributed by atoms with van der Waals surface area (Å²) >= 11 is 1.37. The van der Waals surface area contributed by atoms with Crippen LogP contribution in [-0.4, -0.2) is 18.4 Å². The van der Waals surface area contributed by atoms with Crippen molar-refractivity contribution in [1.29, 1.82) is 0 Å². The van der Waals surface area contributed by atoms with Crippen LogP contribution in [0.15, 0.2) is 33.5 Å². The summed E-state index contributed by atoms with van der Waals surface area (Å²) in [6, 6.07) is 0.690. The Hall–Kier alpha value is -1.51. The number of aromatic nitrogens is 2. The first kappa shape index (κ1) is 13.9. The fraction of sp³-hybridized carbons (Fsp3) is 0.273. The zero-order valence-electron chi connectivity index (χ0n) is 10.4. The van der Waals surface area contributed by atoms with Gasteiger partial charge >= 0.3 is 0 Å². The van der Waals surface area contributed by atoms with Gasteiger partial charge in [0.15, 0.2) is 0 Å². The summed E-state index contributed by atoms with van der Waals surface area (Å²) in [6.07, 6.45) is 2.56. The molecule has 1 unspecified atom stereocenters. The van der Waals surface area contributed by atoms with Gasteiger partial charge in [-0.1, -0.05) is 0 Å². The van der Waals surface area contributed by atoms with Crippen molar-refractivity contribution in [1.82, 2.24) is 14.7 Å². The second kappa shape index (κ2) is 5.24. The lowest BCUT2D eigenvalue weighted by atomic mass is 10.4. The molecule has 0 aliphatic heterocycles. The van der Waals surface area contributed by atoms with Gasteiger partial charge in [0.2, 0.25) is 15.5 Å². The number of nitrogens with zero attached hydrogens (tertiary/aromatic N) is 1. The van der Waals surface area contributed by atoms with Crippen LogP contribution in [0.25, 0.3) is 0 Å². The molecule has 2 aromatic heterocycles. The van der Waals surface area contributed by atoms with Crippen LogP contribution in [0.4, 0.5) is 0 Å². The Kier molecular flexibility index (Phi) is 3.83. The number of hydrogen-bond donors (Lipinski definition) is 2. The molecule has 2 heterocycles. The van der Waals surface area contributed by atoms with Crippen LogP contribution in [0.3, 0.4) is 0 Å². The molecule has 0 radical (unpaired) electrons. The molecule has 102 valence electrons. The van der Waals surface area contributed by atoms with E-state index in [0.29, 0.717) is 5.01 Å². The van der Waals surface area contributed by atoms with Crippen LogP contribution in [0.2, 0.25) is 0 Å². The number of thiazole rings is 1. The molecule has 19 heavy (non-hydrogen) atoms. The second-order valence-corrected chi connectivity index (χ2v) is 6.62. The maximum Gasteiger partial charge on any atom is 0.246 e. The number of hydrogen-bond acceptors (Lipinski definition) is 5. The number of pyridine rings is 1. The van der Waals surface area contributed by atoms with E-state index in [0.717, 1.165) is 5.69 Å². The van der Waals surface area contributed by atoms with E-state index in [1.54, 1.807) is 6.92 Å². The molecule has 6 nitrogen and oxygen atoms in total. The maximum atomic E-state index is 12.1. The summed E-state index contributed by atoms with van der Waals surface area (Å²) in [6.45, 7) is 3.52. The summed E-state index contributed by atoms with van der Waals surface area (Å²) in [5.74, 6) is 0. The molecule has 0 fully saturated rings. The van der Waals surface area contributed by atoms with Gasteiger partial charge in [-0.2, -0.15) is 0 Å². The lowest BCUT2D eigenvalue weighted by molar-refractivity contribution is 0.565. The van der Waals surface area contributed by atoms with E-state index in [9.17, 15) is 13.2 Å². The Balaban J connectivity index is 2.28. The first-order valence-corrected chi connectivity index (χ1v) is 7.88. The summed E-state index contributed by atoms with van der Waals surface area (Å²) < 4.78 is 26.6. The van der Waals surface area contributed by atoms with Gasteiger partial charge in [-0.3, -0.25) is 4.79 Å². The lowest BCUT2D eigenvalue weighted by Crippen LogP contribution is -2.30. The predicted molar refractivity (Wildman–Crippen MR) is 72.7 cm³/mol. The number of rotatable bonds is 4. The molecule has 0 saturated heterocycles. The normalized spacial score (nSPS) is 13.4. The van der Waals surface area contributed by atoms with Crippen molar-refractivity contribution < 1.29 is 8.42 Å². The van der Waals surface area contributed by atoms with Crippen molar-refractivity contribution in [2.75, 3.05) is 0 Å². The van der Waals surface area contributed by atoms with E-state index in [1.807, 2.05) is 12.3 Å². The Morgan fingerprint density at radius 2 is 2.21 bits per heavy atom. The molecule has 0 bridgehead atoms. The molecular weight excluding hydrogens is 286 g/mol. The van der Waals surface area contributed by atoms with E-state index in [4.69, 9.17) is 0 Å². The third-order valence-electron chi connectivity index (χ3n) is 2.42. The van der Waals surface area contributed by atoms with E-state index < -0.39 is 21.5 Å². The van der Waals surface area contributed by atoms with Gasteiger partial charge in [0.25, 0.3) is 0 Å². The van der Waals surface area contributed by atoms with Gasteiger partial charge in [0, 0.05) is 29.5 Å². The topological polar surface area (TPSA) is 91.9 Å². The summed E-state index contributed by atoms with van der Waals surface area (Å²) in [7, 11) is -3.86. The monoisotopic (exact) mass is 299 g/mol. The lowest BCUT2D eigenvalue weighted by Gasteiger charge is -2.11. The van der Waals surface area contributed by atoms with Crippen LogP contribution < -0.4 is 10.2 Å². The average Bonchev–Trinajstić information content (AvgIpc) is 2.76. The Morgan fingerprint density at radius 1 is 1.47 bits per heavy atom. The van der Waals surface area contributed by atoms with Crippen LogP contribution in [0.1, 0.15) is 23.7 Å². The van der Waals surface area contributed by atoms with E-state index >= 15 is 0 Å². The predicted octanol–water partition coefficient (Wildman–Crippen LogP) is 1.18. The van der Waals surface area contributed by atoms with Crippen LogP contribution in [0.5, 0.6) is 0 Å². The van der Waals surface area contributed by atoms with Gasteiger partial charge in [0.05, 0.1) is 6.04 Å². The van der Waals surface area contributed by atoms with Gasteiger partial charge < -0.3 is 4.98 Å². The van der Waals surface area contributed by atoms with Crippen molar-refractivity contribution in [3.8, 4) is 0 Å². The van der Waals surface area contributed by atoms with Gasteiger partial charge in [-0.15, -0.1) is 11.3 Å². The van der Waals surface area contributed by atoms with Crippen LogP contribution in [0, 0.1) is 6.92 Å². The highest BCUT2D eigenvalue weighted by Crippen LogP contribution is 2.19. The second-order valence-electron chi connectivity index (χ2n) is 4.04. The van der Waals surface area contributed by atoms with Gasteiger partial charge in [-0.25, -0.2) is 18.1 Å². The molecule has 0 spiro atoms. The largest absolute Gasteiger partial charge is 0.366 e. The summed E-state index contributed by atoms with van der Waals surface area (Å²) in [5, 5.41) is 2.50. The third kappa shape index (κ3) is 3.09. The average molecular weight is 299 g/mol. The number of H-pyrrole nitrogens is 1. The summed E-state index contributed by atoms with van der Waals surface area (Å²) in [4.78, 5) is 18.0. The highest BCUT2D eigenvalue weighted by molar-refractivity contribution is 7.89. The van der Waals surface area contributed by atoms with Crippen molar-refractivity contribution in [2.45, 2.75) is 24.8 Å². The molecule has 0 aromatic carbocycles. The van der Waals surface area contributed by atoms with E-state index in [2.05, 4.69) is 14.7 Å². The molecule has 0 saturated carbocycles. The minimum Gasteiger partial charge on any atom is -0.366 e. The van der Waals surface area contributed by atoms with Crippen molar-refractivity contribution in [3.05, 3.63) is 44.8 Å². The zero-order chi connectivity index (χ0) is 14.0. The minimum absolute atomic E-state index is 0.296. The van der Waals surface area contributed by atoms with Gasteiger partial charge in [0.1, 0.15) is 9.90 Å². The molecule has 8 heteroatoms. The highest BCUT2D eigenvalue weighted by Gasteiger charge is 2.22. The van der Waals surface area contributed by atoms with Crippen LogP contribution >= 0.6 is 11.3 Å². The quantitative estimate of drug-likeness (QED) is 0.886. The molecule has 0 amide bonds.